The van der Waals surface area contributed by atoms with Crippen molar-refractivity contribution < 1.29 is 13.2 Å². The third kappa shape index (κ3) is 5.02. The van der Waals surface area contributed by atoms with Gasteiger partial charge in [0.1, 0.15) is 17.0 Å². The molecule has 0 bridgehead atoms. The molecule has 0 spiro atoms. The molecule has 0 aliphatic rings. The third-order valence-corrected chi connectivity index (χ3v) is 8.68. The van der Waals surface area contributed by atoms with E-state index < -0.39 is 15.9 Å². The fourth-order valence-corrected chi connectivity index (χ4v) is 5.97. The molecule has 2 aromatic carbocycles. The van der Waals surface area contributed by atoms with Crippen molar-refractivity contribution >= 4 is 50.0 Å². The minimum atomic E-state index is -4.05. The number of pyridine rings is 1. The molecule has 7 nitrogen and oxygen atoms in total. The molecule has 3 heterocycles. The lowest BCUT2D eigenvalue weighted by molar-refractivity contribution is 0.0976. The number of aromatic nitrogens is 3. The van der Waals surface area contributed by atoms with E-state index in [1.807, 2.05) is 61.1 Å². The van der Waals surface area contributed by atoms with Gasteiger partial charge in [0.25, 0.3) is 15.9 Å². The number of carbonyl (C=O) groups excluding carboxylic acids is 1. The molecule has 5 rings (SSSR count). The zero-order valence-electron chi connectivity index (χ0n) is 20.3. The van der Waals surface area contributed by atoms with E-state index in [1.54, 1.807) is 29.5 Å². The highest BCUT2D eigenvalue weighted by molar-refractivity contribution is 7.90. The van der Waals surface area contributed by atoms with E-state index in [4.69, 9.17) is 11.6 Å². The molecule has 0 aliphatic carbocycles. The Morgan fingerprint density at radius 1 is 1.03 bits per heavy atom. The normalized spacial score (nSPS) is 11.7. The average molecular weight is 551 g/mol. The topological polar surface area (TPSA) is 94.0 Å². The first-order valence-electron chi connectivity index (χ1n) is 11.4. The summed E-state index contributed by atoms with van der Waals surface area (Å²) in [7, 11) is -4.05. The van der Waals surface area contributed by atoms with Gasteiger partial charge in [-0.15, -0.1) is 11.3 Å². The van der Waals surface area contributed by atoms with Crippen molar-refractivity contribution in [2.45, 2.75) is 32.2 Å². The number of nitrogens with zero attached hydrogens (tertiary/aromatic N) is 3. The van der Waals surface area contributed by atoms with Gasteiger partial charge in [0.05, 0.1) is 11.4 Å². The second kappa shape index (κ2) is 9.74. The van der Waals surface area contributed by atoms with Crippen LogP contribution in [0.4, 0.5) is 0 Å². The maximum absolute atomic E-state index is 13.0. The number of benzene rings is 2. The Morgan fingerprint density at radius 2 is 1.78 bits per heavy atom. The molecule has 0 radical (unpaired) electrons. The smallest absolute Gasteiger partial charge is 0.283 e. The predicted octanol–water partition coefficient (Wildman–Crippen LogP) is 5.91. The van der Waals surface area contributed by atoms with E-state index >= 15 is 0 Å². The van der Waals surface area contributed by atoms with E-state index in [9.17, 15) is 13.2 Å². The first-order chi connectivity index (χ1) is 17.6. The van der Waals surface area contributed by atoms with E-state index in [0.717, 1.165) is 21.6 Å². The van der Waals surface area contributed by atoms with Crippen LogP contribution < -0.4 is 4.72 Å². The molecule has 0 saturated heterocycles. The van der Waals surface area contributed by atoms with Crippen LogP contribution >= 0.6 is 22.9 Å². The van der Waals surface area contributed by atoms with Gasteiger partial charge in [-0.25, -0.2) is 23.1 Å². The Hall–Kier alpha value is -3.53. The summed E-state index contributed by atoms with van der Waals surface area (Å²) in [4.78, 5) is 23.3. The average Bonchev–Trinajstić information content (AvgIpc) is 3.49. The first kappa shape index (κ1) is 25.1. The van der Waals surface area contributed by atoms with Gasteiger partial charge in [0.2, 0.25) is 0 Å². The highest BCUT2D eigenvalue weighted by Gasteiger charge is 2.22. The van der Waals surface area contributed by atoms with E-state index in [0.29, 0.717) is 34.1 Å². The van der Waals surface area contributed by atoms with Gasteiger partial charge in [0, 0.05) is 9.90 Å². The molecule has 0 saturated carbocycles. The molecule has 0 atom stereocenters. The van der Waals surface area contributed by atoms with Crippen molar-refractivity contribution in [3.8, 4) is 10.4 Å². The van der Waals surface area contributed by atoms with Crippen molar-refractivity contribution in [2.24, 2.45) is 0 Å². The molecular weight excluding hydrogens is 528 g/mol. The summed E-state index contributed by atoms with van der Waals surface area (Å²) >= 11 is 8.28. The van der Waals surface area contributed by atoms with Gasteiger partial charge >= 0.3 is 0 Å². The van der Waals surface area contributed by atoms with Crippen LogP contribution in [-0.4, -0.2) is 28.9 Å². The SMILES string of the molecule is Cc1ccc(S(=O)(=O)NC(=O)c2cc(C)c3nc(C)n(Cc4ccc(-c5cccs5)cc4Cl)c3n2)cc1. The number of halogens is 1. The van der Waals surface area contributed by atoms with Crippen molar-refractivity contribution in [3.63, 3.8) is 0 Å². The van der Waals surface area contributed by atoms with Crippen molar-refractivity contribution in [3.05, 3.63) is 99.3 Å². The molecule has 0 unspecified atom stereocenters. The minimum Gasteiger partial charge on any atom is -0.308 e. The van der Waals surface area contributed by atoms with Gasteiger partial charge in [-0.1, -0.05) is 47.5 Å². The highest BCUT2D eigenvalue weighted by atomic mass is 35.5. The van der Waals surface area contributed by atoms with Crippen LogP contribution in [0.25, 0.3) is 21.6 Å². The Balaban J connectivity index is 1.47. The van der Waals surface area contributed by atoms with Crippen LogP contribution in [0.2, 0.25) is 5.02 Å². The minimum absolute atomic E-state index is 0.00535. The van der Waals surface area contributed by atoms with Gasteiger partial charge in [0.15, 0.2) is 5.65 Å². The van der Waals surface area contributed by atoms with Crippen molar-refractivity contribution in [1.82, 2.24) is 19.3 Å². The number of carbonyl (C=O) groups is 1. The van der Waals surface area contributed by atoms with E-state index in [2.05, 4.69) is 14.7 Å². The maximum Gasteiger partial charge on any atom is 0.283 e. The molecular formula is C27H23ClN4O3S2. The molecule has 0 aliphatic heterocycles. The van der Waals surface area contributed by atoms with Gasteiger partial charge < -0.3 is 4.57 Å². The monoisotopic (exact) mass is 550 g/mol. The summed E-state index contributed by atoms with van der Waals surface area (Å²) in [5.41, 5.74) is 4.65. The van der Waals surface area contributed by atoms with Gasteiger partial charge in [-0.3, -0.25) is 4.79 Å². The lowest BCUT2D eigenvalue weighted by Gasteiger charge is -2.11. The van der Waals surface area contributed by atoms with Crippen LogP contribution in [0.1, 0.15) is 33.0 Å². The molecule has 5 aromatic rings. The zero-order valence-corrected chi connectivity index (χ0v) is 22.7. The number of amides is 1. The Bertz CT molecular complexity index is 1740. The van der Waals surface area contributed by atoms with E-state index in [-0.39, 0.29) is 10.6 Å². The maximum atomic E-state index is 13.0. The summed E-state index contributed by atoms with van der Waals surface area (Å²) < 4.78 is 29.5. The number of imidazole rings is 1. The quantitative estimate of drug-likeness (QED) is 0.284. The highest BCUT2D eigenvalue weighted by Crippen LogP contribution is 2.30. The van der Waals surface area contributed by atoms with Crippen LogP contribution in [0.3, 0.4) is 0 Å². The van der Waals surface area contributed by atoms with Crippen LogP contribution in [0.5, 0.6) is 0 Å². The molecule has 0 fully saturated rings. The second-order valence-corrected chi connectivity index (χ2v) is 11.8. The number of sulfonamides is 1. The lowest BCUT2D eigenvalue weighted by Crippen LogP contribution is -2.31. The molecule has 1 amide bonds. The summed E-state index contributed by atoms with van der Waals surface area (Å²) in [6.07, 6.45) is 0. The van der Waals surface area contributed by atoms with Crippen LogP contribution in [-0.2, 0) is 16.6 Å². The standard InChI is InChI=1S/C27H23ClN4O3S2/c1-16-6-10-21(11-7-16)37(34,35)31-27(33)23-13-17(2)25-26(30-23)32(18(3)29-25)15-20-9-8-19(14-22(20)28)24-5-4-12-36-24/h4-14H,15H2,1-3H3,(H,31,33). The molecule has 37 heavy (non-hydrogen) atoms. The Morgan fingerprint density at radius 3 is 2.46 bits per heavy atom. The summed E-state index contributed by atoms with van der Waals surface area (Å²) in [5.74, 6) is -0.108. The second-order valence-electron chi connectivity index (χ2n) is 8.77. The zero-order chi connectivity index (χ0) is 26.3. The third-order valence-electron chi connectivity index (χ3n) is 6.06. The number of hydrogen-bond acceptors (Lipinski definition) is 6. The number of rotatable bonds is 6. The molecule has 10 heteroatoms. The number of nitrogens with one attached hydrogen (secondary N) is 1. The van der Waals surface area contributed by atoms with Crippen molar-refractivity contribution in [1.29, 1.82) is 0 Å². The summed E-state index contributed by atoms with van der Waals surface area (Å²) in [6, 6.07) is 17.8. The predicted molar refractivity (Wildman–Crippen MR) is 147 cm³/mol. The molecule has 3 aromatic heterocycles. The van der Waals surface area contributed by atoms with Crippen LogP contribution in [0, 0.1) is 20.8 Å². The molecule has 1 N–H and O–H groups in total. The van der Waals surface area contributed by atoms with Crippen molar-refractivity contribution in [2.75, 3.05) is 0 Å². The number of fused-ring (bicyclic) bond motifs is 1. The Labute approximate surface area is 223 Å². The fourth-order valence-electron chi connectivity index (χ4n) is 4.05. The molecule has 188 valence electrons. The number of aryl methyl sites for hydroxylation is 3. The van der Waals surface area contributed by atoms with Gasteiger partial charge in [-0.2, -0.15) is 0 Å². The number of hydrogen-bond donors (Lipinski definition) is 1. The lowest BCUT2D eigenvalue weighted by atomic mass is 10.1. The first-order valence-corrected chi connectivity index (χ1v) is 14.2. The largest absolute Gasteiger partial charge is 0.308 e. The summed E-state index contributed by atoms with van der Waals surface area (Å²) in [5, 5.41) is 2.63. The van der Waals surface area contributed by atoms with Crippen LogP contribution in [0.15, 0.2) is 70.9 Å². The van der Waals surface area contributed by atoms with Gasteiger partial charge in [-0.05, 0) is 73.2 Å². The fraction of sp³-hybridized carbons (Fsp3) is 0.148. The summed E-state index contributed by atoms with van der Waals surface area (Å²) in [6.45, 7) is 5.92. The number of thiophene rings is 1. The Kier molecular flexibility index (Phi) is 6.61. The van der Waals surface area contributed by atoms with E-state index in [1.165, 1.54) is 12.1 Å².